The normalized spacial score (nSPS) is 22.9. The van der Waals surface area contributed by atoms with Gasteiger partial charge in [-0.15, -0.1) is 0 Å². The maximum Gasteiger partial charge on any atom is 0.407 e. The lowest BCUT2D eigenvalue weighted by molar-refractivity contribution is -0.0429. The summed E-state index contributed by atoms with van der Waals surface area (Å²) in [6.07, 6.45) is 3.90. The first-order valence-electron chi connectivity index (χ1n) is 9.22. The van der Waals surface area contributed by atoms with Crippen LogP contribution in [0.5, 0.6) is 0 Å². The number of nitrogen functional groups attached to an aromatic ring is 1. The van der Waals surface area contributed by atoms with E-state index >= 15 is 0 Å². The third-order valence-electron chi connectivity index (χ3n) is 5.06. The molecule has 148 valence electrons. The molecule has 4 N–H and O–H groups in total. The number of carboxylic acid groups (broad SMARTS) is 1. The molecule has 0 spiro atoms. The second-order valence-corrected chi connectivity index (χ2v) is 6.84. The molecule has 28 heavy (non-hydrogen) atoms. The Kier molecular flexibility index (Phi) is 5.22. The van der Waals surface area contributed by atoms with Crippen LogP contribution in [-0.2, 0) is 4.74 Å². The fourth-order valence-corrected chi connectivity index (χ4v) is 3.49. The molecular formula is C18H23N7O3. The molecule has 4 heterocycles. The summed E-state index contributed by atoms with van der Waals surface area (Å²) in [6, 6.07) is 3.96. The Morgan fingerprint density at radius 1 is 1.14 bits per heavy atom. The van der Waals surface area contributed by atoms with Crippen molar-refractivity contribution in [1.29, 1.82) is 0 Å². The van der Waals surface area contributed by atoms with Crippen LogP contribution in [0, 0.1) is 0 Å². The van der Waals surface area contributed by atoms with Gasteiger partial charge >= 0.3 is 6.09 Å². The van der Waals surface area contributed by atoms with Crippen LogP contribution in [0.3, 0.4) is 0 Å². The van der Waals surface area contributed by atoms with E-state index < -0.39 is 6.09 Å². The fraction of sp³-hybridized carbons (Fsp3) is 0.444. The molecule has 2 aliphatic heterocycles. The molecule has 2 unspecified atom stereocenters. The van der Waals surface area contributed by atoms with Crippen LogP contribution in [0.4, 0.5) is 16.4 Å². The molecule has 2 atom stereocenters. The minimum atomic E-state index is -0.866. The van der Waals surface area contributed by atoms with Gasteiger partial charge in [0.25, 0.3) is 0 Å². The van der Waals surface area contributed by atoms with Crippen LogP contribution < -0.4 is 16.0 Å². The molecule has 4 rings (SSSR count). The fourth-order valence-electron chi connectivity index (χ4n) is 3.49. The van der Waals surface area contributed by atoms with Gasteiger partial charge in [-0.25, -0.2) is 14.8 Å². The Hall–Kier alpha value is -2.98. The van der Waals surface area contributed by atoms with Gasteiger partial charge in [-0.05, 0) is 12.1 Å². The predicted molar refractivity (Wildman–Crippen MR) is 102 cm³/mol. The van der Waals surface area contributed by atoms with Crippen LogP contribution >= 0.6 is 0 Å². The predicted octanol–water partition coefficient (Wildman–Crippen LogP) is 0.656. The summed E-state index contributed by atoms with van der Waals surface area (Å²) < 4.78 is 6.24. The summed E-state index contributed by atoms with van der Waals surface area (Å²) in [5.41, 5.74) is 8.29. The van der Waals surface area contributed by atoms with Crippen molar-refractivity contribution in [2.75, 3.05) is 49.9 Å². The van der Waals surface area contributed by atoms with E-state index in [1.165, 1.54) is 4.90 Å². The highest BCUT2D eigenvalue weighted by Crippen LogP contribution is 2.29. The van der Waals surface area contributed by atoms with Crippen LogP contribution in [0.1, 0.15) is 23.5 Å². The number of nitrogens with one attached hydrogen (secondary N) is 1. The number of pyridine rings is 1. The Morgan fingerprint density at radius 3 is 2.57 bits per heavy atom. The molecule has 0 aliphatic carbocycles. The van der Waals surface area contributed by atoms with Crippen LogP contribution in [0.2, 0.25) is 0 Å². The highest BCUT2D eigenvalue weighted by molar-refractivity contribution is 5.65. The van der Waals surface area contributed by atoms with Crippen LogP contribution in [0.25, 0.3) is 0 Å². The van der Waals surface area contributed by atoms with Gasteiger partial charge in [0.05, 0.1) is 11.8 Å². The first kappa shape index (κ1) is 18.4. The van der Waals surface area contributed by atoms with Gasteiger partial charge < -0.3 is 30.7 Å². The molecule has 10 heteroatoms. The summed E-state index contributed by atoms with van der Waals surface area (Å²) in [7, 11) is 0. The molecule has 10 nitrogen and oxygen atoms in total. The number of morpholine rings is 1. The number of nitrogens with two attached hydrogens (primary N) is 1. The third-order valence-corrected chi connectivity index (χ3v) is 5.06. The van der Waals surface area contributed by atoms with Crippen molar-refractivity contribution in [1.82, 2.24) is 25.2 Å². The van der Waals surface area contributed by atoms with Gasteiger partial charge in [-0.2, -0.15) is 0 Å². The summed E-state index contributed by atoms with van der Waals surface area (Å²) in [4.78, 5) is 27.3. The Bertz CT molecular complexity index is 824. The van der Waals surface area contributed by atoms with Crippen molar-refractivity contribution in [2.45, 2.75) is 12.2 Å². The highest BCUT2D eigenvalue weighted by Gasteiger charge is 2.27. The molecule has 1 amide bonds. The van der Waals surface area contributed by atoms with Gasteiger partial charge in [-0.1, -0.05) is 0 Å². The van der Waals surface area contributed by atoms with Crippen molar-refractivity contribution in [3.63, 3.8) is 0 Å². The van der Waals surface area contributed by atoms with E-state index in [1.807, 2.05) is 12.1 Å². The maximum atomic E-state index is 11.1. The number of hydrogen-bond donors (Lipinski definition) is 3. The highest BCUT2D eigenvalue weighted by atomic mass is 16.5. The number of nitrogens with zero attached hydrogens (tertiary/aromatic N) is 5. The van der Waals surface area contributed by atoms with Crippen LogP contribution in [0.15, 0.2) is 30.7 Å². The summed E-state index contributed by atoms with van der Waals surface area (Å²) in [6.45, 7) is 3.63. The van der Waals surface area contributed by atoms with E-state index in [0.717, 1.165) is 16.9 Å². The largest absolute Gasteiger partial charge is 0.465 e. The van der Waals surface area contributed by atoms with Gasteiger partial charge in [0.15, 0.2) is 0 Å². The number of ether oxygens (including phenoxy) is 1. The number of rotatable bonds is 3. The van der Waals surface area contributed by atoms with Crippen molar-refractivity contribution in [3.8, 4) is 0 Å². The smallest absolute Gasteiger partial charge is 0.407 e. The van der Waals surface area contributed by atoms with Crippen molar-refractivity contribution >= 4 is 17.7 Å². The average Bonchev–Trinajstić information content (AvgIpc) is 2.74. The summed E-state index contributed by atoms with van der Waals surface area (Å²) >= 11 is 0. The average molecular weight is 385 g/mol. The SMILES string of the molecule is Nc1ncc(C2CNCC(c3cc(N4CCN(C(=O)O)CC4)ccn3)O2)cn1. The summed E-state index contributed by atoms with van der Waals surface area (Å²) in [5, 5.41) is 12.5. The monoisotopic (exact) mass is 385 g/mol. The number of hydrogen-bond acceptors (Lipinski definition) is 8. The van der Waals surface area contributed by atoms with Gasteiger partial charge in [0, 0.05) is 69.1 Å². The molecule has 2 aromatic rings. The zero-order valence-corrected chi connectivity index (χ0v) is 15.4. The van der Waals surface area contributed by atoms with E-state index in [9.17, 15) is 4.79 Å². The second kappa shape index (κ2) is 7.95. The quantitative estimate of drug-likeness (QED) is 0.697. The van der Waals surface area contributed by atoms with Gasteiger partial charge in [-0.3, -0.25) is 4.98 Å². The van der Waals surface area contributed by atoms with E-state index in [-0.39, 0.29) is 18.2 Å². The van der Waals surface area contributed by atoms with Gasteiger partial charge in [0.1, 0.15) is 6.10 Å². The van der Waals surface area contributed by atoms with Gasteiger partial charge in [0.2, 0.25) is 5.95 Å². The second-order valence-electron chi connectivity index (χ2n) is 6.84. The Balaban J connectivity index is 1.45. The van der Waals surface area contributed by atoms with E-state index in [0.29, 0.717) is 39.3 Å². The molecule has 0 aromatic carbocycles. The lowest BCUT2D eigenvalue weighted by Gasteiger charge is -2.35. The third kappa shape index (κ3) is 3.97. The molecule has 0 radical (unpaired) electrons. The standard InChI is InChI=1S/C18H23N7O3/c19-17-22-8-12(9-23-17)15-10-20-11-16(28-15)14-7-13(1-2-21-14)24-3-5-25(6-4-24)18(26)27/h1-2,7-9,15-16,20H,3-6,10-11H2,(H,26,27)(H2,19,22,23). The lowest BCUT2D eigenvalue weighted by atomic mass is 10.1. The van der Waals surface area contributed by atoms with E-state index in [4.69, 9.17) is 15.6 Å². The van der Waals surface area contributed by atoms with Crippen molar-refractivity contribution in [3.05, 3.63) is 42.0 Å². The number of aromatic nitrogens is 3. The number of anilines is 2. The topological polar surface area (TPSA) is 130 Å². The van der Waals surface area contributed by atoms with Crippen molar-refractivity contribution in [2.24, 2.45) is 0 Å². The van der Waals surface area contributed by atoms with E-state index in [2.05, 4.69) is 25.2 Å². The molecule has 0 saturated carbocycles. The Labute approximate surface area is 162 Å². The Morgan fingerprint density at radius 2 is 1.86 bits per heavy atom. The number of piperazine rings is 1. The van der Waals surface area contributed by atoms with E-state index in [1.54, 1.807) is 18.6 Å². The molecular weight excluding hydrogens is 362 g/mol. The first-order valence-corrected chi connectivity index (χ1v) is 9.22. The minimum Gasteiger partial charge on any atom is -0.465 e. The molecule has 2 saturated heterocycles. The summed E-state index contributed by atoms with van der Waals surface area (Å²) in [5.74, 6) is 0.237. The minimum absolute atomic E-state index is 0.177. The molecule has 2 fully saturated rings. The van der Waals surface area contributed by atoms with Crippen LogP contribution in [-0.4, -0.2) is 70.3 Å². The first-order chi connectivity index (χ1) is 13.6. The molecule has 2 aliphatic rings. The number of carbonyl (C=O) groups is 1. The molecule has 2 aromatic heterocycles. The van der Waals surface area contributed by atoms with Crippen molar-refractivity contribution < 1.29 is 14.6 Å². The lowest BCUT2D eigenvalue weighted by Crippen LogP contribution is -2.48. The molecule has 0 bridgehead atoms. The maximum absolute atomic E-state index is 11.1. The zero-order valence-electron chi connectivity index (χ0n) is 15.4. The zero-order chi connectivity index (χ0) is 19.5. The number of amides is 1.